The molecular weight excluding hydrogens is 202 g/mol. The highest BCUT2D eigenvalue weighted by molar-refractivity contribution is 7.08. The Kier molecular flexibility index (Phi) is 2.70. The van der Waals surface area contributed by atoms with E-state index in [1.165, 1.54) is 44.2 Å². The summed E-state index contributed by atoms with van der Waals surface area (Å²) in [5.74, 6) is 2.13. The Morgan fingerprint density at radius 1 is 1.13 bits per heavy atom. The maximum absolute atomic E-state index is 3.68. The van der Waals surface area contributed by atoms with Crippen molar-refractivity contribution in [1.82, 2.24) is 0 Å². The lowest BCUT2D eigenvalue weighted by atomic mass is 9.82. The van der Waals surface area contributed by atoms with Crippen molar-refractivity contribution in [2.75, 3.05) is 5.32 Å². The number of anilines is 1. The van der Waals surface area contributed by atoms with Gasteiger partial charge in [-0.3, -0.25) is 0 Å². The molecule has 2 fully saturated rings. The van der Waals surface area contributed by atoms with Gasteiger partial charge < -0.3 is 5.32 Å². The van der Waals surface area contributed by atoms with Crippen LogP contribution in [0.3, 0.4) is 0 Å². The summed E-state index contributed by atoms with van der Waals surface area (Å²) in [6.45, 7) is 0. The maximum atomic E-state index is 3.68. The molecule has 2 atom stereocenters. The summed E-state index contributed by atoms with van der Waals surface area (Å²) >= 11 is 1.79. The van der Waals surface area contributed by atoms with Gasteiger partial charge in [-0.05, 0) is 49.0 Å². The summed E-state index contributed by atoms with van der Waals surface area (Å²) in [5.41, 5.74) is 1.33. The molecule has 0 amide bonds. The summed E-state index contributed by atoms with van der Waals surface area (Å²) in [6, 6.07) is 2.95. The van der Waals surface area contributed by atoms with Crippen molar-refractivity contribution >= 4 is 17.0 Å². The lowest BCUT2D eigenvalue weighted by Crippen LogP contribution is -2.27. The van der Waals surface area contributed by atoms with Crippen LogP contribution in [-0.4, -0.2) is 6.04 Å². The molecule has 0 spiro atoms. The Balaban J connectivity index is 1.56. The molecule has 2 unspecified atom stereocenters. The van der Waals surface area contributed by atoms with E-state index in [4.69, 9.17) is 0 Å². The van der Waals surface area contributed by atoms with E-state index in [9.17, 15) is 0 Å². The fraction of sp³-hybridized carbons (Fsp3) is 0.692. The van der Waals surface area contributed by atoms with Crippen LogP contribution in [0.1, 0.15) is 38.5 Å². The van der Waals surface area contributed by atoms with Gasteiger partial charge in [0, 0.05) is 17.1 Å². The Labute approximate surface area is 95.9 Å². The first-order valence-electron chi connectivity index (χ1n) is 6.20. The molecule has 1 nitrogen and oxygen atoms in total. The third-order valence-corrected chi connectivity index (χ3v) is 4.58. The van der Waals surface area contributed by atoms with Crippen molar-refractivity contribution in [3.05, 3.63) is 16.8 Å². The molecule has 0 aromatic carbocycles. The molecule has 82 valence electrons. The van der Waals surface area contributed by atoms with Crippen LogP contribution in [0.15, 0.2) is 16.8 Å². The molecule has 2 aliphatic rings. The van der Waals surface area contributed by atoms with E-state index in [-0.39, 0.29) is 0 Å². The normalized spacial score (nSPS) is 31.5. The molecule has 1 heterocycles. The summed E-state index contributed by atoms with van der Waals surface area (Å²) < 4.78 is 0. The minimum absolute atomic E-state index is 0.749. The van der Waals surface area contributed by atoms with Crippen LogP contribution >= 0.6 is 11.3 Å². The van der Waals surface area contributed by atoms with Crippen LogP contribution in [0.4, 0.5) is 5.69 Å². The largest absolute Gasteiger partial charge is 0.382 e. The summed E-state index contributed by atoms with van der Waals surface area (Å²) in [6.07, 6.45) is 8.74. The first kappa shape index (κ1) is 9.71. The second-order valence-electron chi connectivity index (χ2n) is 5.12. The molecule has 2 saturated carbocycles. The highest BCUT2D eigenvalue weighted by Crippen LogP contribution is 2.44. The van der Waals surface area contributed by atoms with Gasteiger partial charge in [0.1, 0.15) is 0 Å². The number of nitrogens with one attached hydrogen (secondary N) is 1. The van der Waals surface area contributed by atoms with Gasteiger partial charge in [-0.25, -0.2) is 0 Å². The summed E-state index contributed by atoms with van der Waals surface area (Å²) in [7, 11) is 0. The smallest absolute Gasteiger partial charge is 0.0450 e. The Bertz CT molecular complexity index is 302. The van der Waals surface area contributed by atoms with Gasteiger partial charge in [0.25, 0.3) is 0 Å². The zero-order chi connectivity index (χ0) is 10.1. The minimum atomic E-state index is 0.749. The van der Waals surface area contributed by atoms with Crippen molar-refractivity contribution in [3.63, 3.8) is 0 Å². The Hall–Kier alpha value is -0.500. The third kappa shape index (κ3) is 2.36. The van der Waals surface area contributed by atoms with Gasteiger partial charge in [-0.15, -0.1) is 0 Å². The van der Waals surface area contributed by atoms with Crippen molar-refractivity contribution < 1.29 is 0 Å². The number of thiophene rings is 1. The summed E-state index contributed by atoms with van der Waals surface area (Å²) in [4.78, 5) is 0. The third-order valence-electron chi connectivity index (χ3n) is 3.90. The molecule has 2 heteroatoms. The molecule has 0 aliphatic heterocycles. The van der Waals surface area contributed by atoms with Gasteiger partial charge >= 0.3 is 0 Å². The predicted octanol–water partition coefficient (Wildman–Crippen LogP) is 4.13. The van der Waals surface area contributed by atoms with Gasteiger partial charge in [-0.2, -0.15) is 11.3 Å². The van der Waals surface area contributed by atoms with E-state index in [0.717, 1.165) is 17.9 Å². The molecule has 0 bridgehead atoms. The molecule has 2 aliphatic carbocycles. The lowest BCUT2D eigenvalue weighted by Gasteiger charge is -2.30. The zero-order valence-electron chi connectivity index (χ0n) is 9.11. The number of hydrogen-bond acceptors (Lipinski definition) is 2. The lowest BCUT2D eigenvalue weighted by molar-refractivity contribution is 0.303. The Morgan fingerprint density at radius 2 is 2.07 bits per heavy atom. The van der Waals surface area contributed by atoms with Crippen molar-refractivity contribution in [3.8, 4) is 0 Å². The number of hydrogen-bond donors (Lipinski definition) is 1. The monoisotopic (exact) mass is 221 g/mol. The standard InChI is InChI=1S/C13H19NS/c1-2-11(10-4-5-10)8-12(3-1)14-13-6-7-15-9-13/h6-7,9-12,14H,1-5,8H2. The number of rotatable bonds is 3. The highest BCUT2D eigenvalue weighted by Gasteiger charge is 2.34. The van der Waals surface area contributed by atoms with Crippen LogP contribution in [-0.2, 0) is 0 Å². The SMILES string of the molecule is c1cc(NC2CCCC(C3CC3)C2)cs1. The predicted molar refractivity (Wildman–Crippen MR) is 66.4 cm³/mol. The first-order chi connectivity index (χ1) is 7.42. The molecule has 0 saturated heterocycles. The fourth-order valence-electron chi connectivity index (χ4n) is 2.94. The van der Waals surface area contributed by atoms with Gasteiger partial charge in [0.15, 0.2) is 0 Å². The van der Waals surface area contributed by atoms with Crippen LogP contribution < -0.4 is 5.32 Å². The molecule has 1 N–H and O–H groups in total. The zero-order valence-corrected chi connectivity index (χ0v) is 9.93. The molecule has 15 heavy (non-hydrogen) atoms. The highest BCUT2D eigenvalue weighted by atomic mass is 32.1. The van der Waals surface area contributed by atoms with Crippen molar-refractivity contribution in [1.29, 1.82) is 0 Å². The van der Waals surface area contributed by atoms with Gasteiger partial charge in [0.2, 0.25) is 0 Å². The molecule has 1 aromatic rings. The van der Waals surface area contributed by atoms with Crippen molar-refractivity contribution in [2.24, 2.45) is 11.8 Å². The molecular formula is C13H19NS. The van der Waals surface area contributed by atoms with E-state index in [1.807, 2.05) is 0 Å². The molecule has 3 rings (SSSR count). The first-order valence-corrected chi connectivity index (χ1v) is 7.15. The van der Waals surface area contributed by atoms with E-state index in [2.05, 4.69) is 22.1 Å². The minimum Gasteiger partial charge on any atom is -0.382 e. The maximum Gasteiger partial charge on any atom is 0.0450 e. The fourth-order valence-corrected chi connectivity index (χ4v) is 3.53. The topological polar surface area (TPSA) is 12.0 Å². The second kappa shape index (κ2) is 4.17. The Morgan fingerprint density at radius 3 is 2.80 bits per heavy atom. The van der Waals surface area contributed by atoms with Crippen LogP contribution in [0.2, 0.25) is 0 Å². The molecule has 1 aromatic heterocycles. The van der Waals surface area contributed by atoms with Crippen molar-refractivity contribution in [2.45, 2.75) is 44.6 Å². The van der Waals surface area contributed by atoms with Crippen LogP contribution in [0, 0.1) is 11.8 Å². The van der Waals surface area contributed by atoms with E-state index in [0.29, 0.717) is 0 Å². The van der Waals surface area contributed by atoms with Crippen LogP contribution in [0.25, 0.3) is 0 Å². The molecule has 0 radical (unpaired) electrons. The van der Waals surface area contributed by atoms with E-state index in [1.54, 1.807) is 11.3 Å². The quantitative estimate of drug-likeness (QED) is 0.809. The average molecular weight is 221 g/mol. The van der Waals surface area contributed by atoms with E-state index < -0.39 is 0 Å². The summed E-state index contributed by atoms with van der Waals surface area (Å²) in [5, 5.41) is 8.06. The average Bonchev–Trinajstić information content (AvgIpc) is 3.00. The van der Waals surface area contributed by atoms with Crippen LogP contribution in [0.5, 0.6) is 0 Å². The second-order valence-corrected chi connectivity index (χ2v) is 5.90. The van der Waals surface area contributed by atoms with Gasteiger partial charge in [0.05, 0.1) is 0 Å². The van der Waals surface area contributed by atoms with E-state index >= 15 is 0 Å². The van der Waals surface area contributed by atoms with Gasteiger partial charge in [-0.1, -0.05) is 12.8 Å².